The van der Waals surface area contributed by atoms with Crippen LogP contribution in [0.25, 0.3) is 0 Å². The highest BCUT2D eigenvalue weighted by molar-refractivity contribution is 7.52. The molecule has 0 amide bonds. The number of hydrogen-bond acceptors (Lipinski definition) is 3. The Morgan fingerprint density at radius 3 is 2.41 bits per heavy atom. The molecule has 0 aliphatic heterocycles. The van der Waals surface area contributed by atoms with Crippen molar-refractivity contribution in [1.29, 1.82) is 0 Å². The highest BCUT2D eigenvalue weighted by Crippen LogP contribution is 2.52. The molecule has 122 valence electrons. The predicted octanol–water partition coefficient (Wildman–Crippen LogP) is 3.81. The largest absolute Gasteiger partial charge is 0.479 e. The van der Waals surface area contributed by atoms with Gasteiger partial charge in [-0.3, -0.25) is 9.09 Å². The molecule has 0 radical (unpaired) electrons. The monoisotopic (exact) mass is 326 g/mol. The van der Waals surface area contributed by atoms with Gasteiger partial charge in [0.2, 0.25) is 0 Å². The summed E-state index contributed by atoms with van der Waals surface area (Å²) >= 11 is 0. The molecule has 0 heterocycles. The SMILES string of the molecule is CC(OP(=O)(O)Cc1ccccc1)(C(=O)O)C1CCCCC1. The van der Waals surface area contributed by atoms with Gasteiger partial charge in [0.15, 0.2) is 5.60 Å². The van der Waals surface area contributed by atoms with Gasteiger partial charge in [-0.2, -0.15) is 0 Å². The number of carbonyl (C=O) groups is 1. The summed E-state index contributed by atoms with van der Waals surface area (Å²) < 4.78 is 17.8. The van der Waals surface area contributed by atoms with E-state index >= 15 is 0 Å². The van der Waals surface area contributed by atoms with Crippen LogP contribution in [-0.2, 0) is 20.0 Å². The first kappa shape index (κ1) is 17.2. The topological polar surface area (TPSA) is 83.8 Å². The quantitative estimate of drug-likeness (QED) is 0.777. The number of carboxylic acid groups (broad SMARTS) is 1. The minimum atomic E-state index is -4.04. The average molecular weight is 326 g/mol. The van der Waals surface area contributed by atoms with Gasteiger partial charge in [0.05, 0.1) is 6.16 Å². The highest BCUT2D eigenvalue weighted by atomic mass is 31.2. The van der Waals surface area contributed by atoms with Crippen LogP contribution in [-0.4, -0.2) is 21.6 Å². The van der Waals surface area contributed by atoms with E-state index in [1.165, 1.54) is 6.92 Å². The fourth-order valence-electron chi connectivity index (χ4n) is 3.08. The maximum Gasteiger partial charge on any atom is 0.336 e. The molecule has 6 heteroatoms. The Morgan fingerprint density at radius 2 is 1.86 bits per heavy atom. The van der Waals surface area contributed by atoms with Gasteiger partial charge in [0.1, 0.15) is 0 Å². The molecule has 1 aliphatic carbocycles. The first-order chi connectivity index (χ1) is 10.3. The predicted molar refractivity (Wildman–Crippen MR) is 83.7 cm³/mol. The van der Waals surface area contributed by atoms with Crippen molar-refractivity contribution < 1.29 is 23.9 Å². The Labute approximate surface area is 130 Å². The van der Waals surface area contributed by atoms with Crippen LogP contribution in [0, 0.1) is 5.92 Å². The summed E-state index contributed by atoms with van der Waals surface area (Å²) in [7, 11) is -4.04. The zero-order valence-electron chi connectivity index (χ0n) is 12.8. The van der Waals surface area contributed by atoms with Crippen LogP contribution in [0.1, 0.15) is 44.6 Å². The number of hydrogen-bond donors (Lipinski definition) is 2. The van der Waals surface area contributed by atoms with E-state index in [9.17, 15) is 19.4 Å². The summed E-state index contributed by atoms with van der Waals surface area (Å²) in [6.07, 6.45) is 4.20. The summed E-state index contributed by atoms with van der Waals surface area (Å²) in [6, 6.07) is 8.81. The molecule has 0 spiro atoms. The molecule has 22 heavy (non-hydrogen) atoms. The summed E-state index contributed by atoms with van der Waals surface area (Å²) in [4.78, 5) is 21.8. The lowest BCUT2D eigenvalue weighted by atomic mass is 9.78. The van der Waals surface area contributed by atoms with Crippen LogP contribution in [0.3, 0.4) is 0 Å². The molecule has 2 N–H and O–H groups in total. The van der Waals surface area contributed by atoms with Gasteiger partial charge < -0.3 is 10.00 Å². The normalized spacial score (nSPS) is 21.7. The molecule has 5 nitrogen and oxygen atoms in total. The second-order valence-corrected chi connectivity index (χ2v) is 7.89. The van der Waals surface area contributed by atoms with Crippen LogP contribution >= 0.6 is 7.60 Å². The second kappa shape index (κ2) is 6.95. The highest BCUT2D eigenvalue weighted by Gasteiger charge is 2.47. The van der Waals surface area contributed by atoms with E-state index in [1.54, 1.807) is 24.3 Å². The number of rotatable bonds is 6. The molecule has 2 atom stereocenters. The van der Waals surface area contributed by atoms with E-state index in [2.05, 4.69) is 0 Å². The maximum absolute atomic E-state index is 12.4. The van der Waals surface area contributed by atoms with Crippen molar-refractivity contribution in [2.24, 2.45) is 5.92 Å². The van der Waals surface area contributed by atoms with E-state index < -0.39 is 19.2 Å². The minimum Gasteiger partial charge on any atom is -0.479 e. The smallest absolute Gasteiger partial charge is 0.336 e. The summed E-state index contributed by atoms with van der Waals surface area (Å²) in [6.45, 7) is 1.43. The van der Waals surface area contributed by atoms with E-state index in [0.29, 0.717) is 18.4 Å². The fourth-order valence-corrected chi connectivity index (χ4v) is 4.64. The van der Waals surface area contributed by atoms with Crippen LogP contribution in [0.15, 0.2) is 30.3 Å². The minimum absolute atomic E-state index is 0.177. The Hall–Kier alpha value is -1.16. The summed E-state index contributed by atoms with van der Waals surface area (Å²) in [5.41, 5.74) is -0.954. The molecule has 2 rings (SSSR count). The zero-order valence-corrected chi connectivity index (χ0v) is 13.7. The molecule has 0 bridgehead atoms. The van der Waals surface area contributed by atoms with E-state index in [1.807, 2.05) is 6.07 Å². The van der Waals surface area contributed by atoms with Crippen LogP contribution in [0.2, 0.25) is 0 Å². The second-order valence-electron chi connectivity index (χ2n) is 6.12. The maximum atomic E-state index is 12.4. The first-order valence-corrected chi connectivity index (χ1v) is 9.40. The molecule has 1 aliphatic rings. The third kappa shape index (κ3) is 4.19. The third-order valence-corrected chi connectivity index (χ3v) is 5.80. The Bertz CT molecular complexity index is 553. The van der Waals surface area contributed by atoms with Gasteiger partial charge in [-0.15, -0.1) is 0 Å². The van der Waals surface area contributed by atoms with Crippen molar-refractivity contribution in [3.63, 3.8) is 0 Å². The Balaban J connectivity index is 2.15. The Kier molecular flexibility index (Phi) is 5.43. The van der Waals surface area contributed by atoms with Gasteiger partial charge in [-0.1, -0.05) is 49.6 Å². The molecular formula is C16H23O5P. The molecule has 0 aromatic heterocycles. The van der Waals surface area contributed by atoms with Crippen molar-refractivity contribution in [2.75, 3.05) is 0 Å². The van der Waals surface area contributed by atoms with Gasteiger partial charge in [0, 0.05) is 0 Å². The molecular weight excluding hydrogens is 303 g/mol. The van der Waals surface area contributed by atoms with Crippen molar-refractivity contribution in [1.82, 2.24) is 0 Å². The first-order valence-electron chi connectivity index (χ1n) is 7.63. The van der Waals surface area contributed by atoms with Crippen LogP contribution < -0.4 is 0 Å². The average Bonchev–Trinajstić information content (AvgIpc) is 2.48. The summed E-state index contributed by atoms with van der Waals surface area (Å²) in [5, 5.41) is 9.56. The van der Waals surface area contributed by atoms with Crippen molar-refractivity contribution in [2.45, 2.75) is 50.8 Å². The molecule has 1 aromatic rings. The van der Waals surface area contributed by atoms with Gasteiger partial charge in [-0.05, 0) is 31.2 Å². The molecule has 0 saturated heterocycles. The molecule has 2 unspecified atom stereocenters. The summed E-state index contributed by atoms with van der Waals surface area (Å²) in [5.74, 6) is -1.39. The fraction of sp³-hybridized carbons (Fsp3) is 0.562. The van der Waals surface area contributed by atoms with Crippen molar-refractivity contribution in [3.8, 4) is 0 Å². The molecule has 1 saturated carbocycles. The number of aliphatic carboxylic acids is 1. The lowest BCUT2D eigenvalue weighted by molar-refractivity contribution is -0.160. The van der Waals surface area contributed by atoms with Crippen LogP contribution in [0.5, 0.6) is 0 Å². The lowest BCUT2D eigenvalue weighted by Gasteiger charge is -2.37. The standard InChI is InChI=1S/C16H23O5P/c1-16(15(17)18,14-10-6-3-7-11-14)21-22(19,20)12-13-8-4-2-5-9-13/h2,4-5,8-9,14H,3,6-7,10-12H2,1H3,(H,17,18)(H,19,20). The zero-order chi connectivity index (χ0) is 16.2. The van der Waals surface area contributed by atoms with E-state index in [-0.39, 0.29) is 12.1 Å². The number of benzene rings is 1. The van der Waals surface area contributed by atoms with Gasteiger partial charge >= 0.3 is 13.6 Å². The molecule has 1 fully saturated rings. The lowest BCUT2D eigenvalue weighted by Crippen LogP contribution is -2.45. The van der Waals surface area contributed by atoms with Gasteiger partial charge in [-0.25, -0.2) is 4.79 Å². The Morgan fingerprint density at radius 1 is 1.27 bits per heavy atom. The number of carboxylic acids is 1. The van der Waals surface area contributed by atoms with E-state index in [4.69, 9.17) is 4.52 Å². The van der Waals surface area contributed by atoms with Crippen molar-refractivity contribution in [3.05, 3.63) is 35.9 Å². The van der Waals surface area contributed by atoms with Gasteiger partial charge in [0.25, 0.3) is 0 Å². The third-order valence-electron chi connectivity index (χ3n) is 4.37. The van der Waals surface area contributed by atoms with E-state index in [0.717, 1.165) is 19.3 Å². The molecule has 1 aromatic carbocycles. The van der Waals surface area contributed by atoms with Crippen molar-refractivity contribution >= 4 is 13.6 Å². The van der Waals surface area contributed by atoms with Crippen LogP contribution in [0.4, 0.5) is 0 Å².